The first-order chi connectivity index (χ1) is 30.8. The standard InChI is InChI=1S/C51H68N8O6/c1-28(2)42(56-48(62)64-50(5,6)7)46(60)58-23-11-13-39(58)44-52-26-37(54-44)31-17-15-30(16-18-31)33-21-22-35(36-25-32-19-20-34(32)41(33)36)38-27-53-45(55-38)40-14-12-24-59(40)47(61)43(29(3)4)57-49(63)65-51(8,9)10/h15-18,21-22,26-29,32,34,39-40,42-43H,11-14,19-20,23-25H2,1-10H3,(H,52,54)(H,53,55)(H,56,62)(H,57,63). The van der Waals surface area contributed by atoms with Crippen LogP contribution >= 0.6 is 0 Å². The van der Waals surface area contributed by atoms with Crippen LogP contribution in [0.15, 0.2) is 48.8 Å². The Morgan fingerprint density at radius 1 is 0.646 bits per heavy atom. The van der Waals surface area contributed by atoms with Crippen molar-refractivity contribution < 1.29 is 28.7 Å². The van der Waals surface area contributed by atoms with E-state index in [1.807, 2.05) is 70.7 Å². The number of likely N-dealkylation sites (tertiary alicyclic amines) is 2. The number of amides is 4. The minimum Gasteiger partial charge on any atom is -0.444 e. The Labute approximate surface area is 383 Å². The average molecular weight is 889 g/mol. The molecule has 6 atom stereocenters. The Hall–Kier alpha value is -5.66. The summed E-state index contributed by atoms with van der Waals surface area (Å²) in [5, 5.41) is 5.67. The number of nitrogens with one attached hydrogen (secondary N) is 4. The van der Waals surface area contributed by atoms with E-state index in [9.17, 15) is 19.2 Å². The summed E-state index contributed by atoms with van der Waals surface area (Å²) >= 11 is 0. The van der Waals surface area contributed by atoms with Gasteiger partial charge in [0.25, 0.3) is 0 Å². The second-order valence-electron chi connectivity index (χ2n) is 21.3. The summed E-state index contributed by atoms with van der Waals surface area (Å²) < 4.78 is 11.0. The molecule has 0 radical (unpaired) electrons. The molecule has 2 aliphatic heterocycles. The first-order valence-corrected chi connectivity index (χ1v) is 23.7. The summed E-state index contributed by atoms with van der Waals surface area (Å²) in [5.41, 5.74) is 7.93. The number of hydrogen-bond acceptors (Lipinski definition) is 8. The summed E-state index contributed by atoms with van der Waals surface area (Å²) in [5.74, 6) is 2.17. The molecule has 1 saturated carbocycles. The highest BCUT2D eigenvalue weighted by molar-refractivity contribution is 5.87. The molecule has 4 N–H and O–H groups in total. The summed E-state index contributed by atoms with van der Waals surface area (Å²) in [6, 6.07) is 11.3. The molecule has 3 fully saturated rings. The van der Waals surface area contributed by atoms with Gasteiger partial charge in [-0.05, 0) is 138 Å². The van der Waals surface area contributed by atoms with E-state index in [2.05, 4.69) is 57.0 Å². The van der Waals surface area contributed by atoms with E-state index in [1.165, 1.54) is 40.7 Å². The van der Waals surface area contributed by atoms with Gasteiger partial charge in [-0.2, -0.15) is 0 Å². The fourth-order valence-corrected chi connectivity index (χ4v) is 10.3. The molecule has 2 aromatic heterocycles. The van der Waals surface area contributed by atoms with E-state index in [-0.39, 0.29) is 35.7 Å². The molecule has 14 heteroatoms. The van der Waals surface area contributed by atoms with Crippen LogP contribution in [0.2, 0.25) is 0 Å². The summed E-state index contributed by atoms with van der Waals surface area (Å²) in [6.45, 7) is 19.8. The fourth-order valence-electron chi connectivity index (χ4n) is 10.3. The number of alkyl carbamates (subject to hydrolysis) is 2. The minimum absolute atomic E-state index is 0.120. The lowest BCUT2D eigenvalue weighted by Crippen LogP contribution is -2.52. The minimum atomic E-state index is -0.713. The van der Waals surface area contributed by atoms with Gasteiger partial charge in [-0.25, -0.2) is 19.6 Å². The van der Waals surface area contributed by atoms with Gasteiger partial charge in [-0.1, -0.05) is 64.1 Å². The van der Waals surface area contributed by atoms with Crippen LogP contribution in [-0.4, -0.2) is 90.1 Å². The zero-order chi connectivity index (χ0) is 46.5. The highest BCUT2D eigenvalue weighted by Crippen LogP contribution is 2.56. The number of carbonyl (C=O) groups is 4. The number of rotatable bonds is 11. The summed E-state index contributed by atoms with van der Waals surface area (Å²) in [6.07, 6.45) is 9.29. The van der Waals surface area contributed by atoms with E-state index in [0.29, 0.717) is 24.9 Å². The Morgan fingerprint density at radius 3 is 1.60 bits per heavy atom. The van der Waals surface area contributed by atoms with E-state index in [1.54, 1.807) is 20.8 Å². The topological polar surface area (TPSA) is 175 Å². The second kappa shape index (κ2) is 18.0. The van der Waals surface area contributed by atoms with Crippen LogP contribution in [0.4, 0.5) is 9.59 Å². The average Bonchev–Trinajstić information content (AvgIpc) is 4.07. The lowest BCUT2D eigenvalue weighted by atomic mass is 9.73. The third-order valence-corrected chi connectivity index (χ3v) is 13.5. The van der Waals surface area contributed by atoms with Crippen LogP contribution < -0.4 is 10.6 Å². The molecule has 4 heterocycles. The highest BCUT2D eigenvalue weighted by atomic mass is 16.6. The van der Waals surface area contributed by atoms with Gasteiger partial charge in [0.05, 0.1) is 35.9 Å². The molecule has 348 valence electrons. The van der Waals surface area contributed by atoms with Crippen molar-refractivity contribution in [2.24, 2.45) is 17.8 Å². The largest absolute Gasteiger partial charge is 0.444 e. The van der Waals surface area contributed by atoms with Crippen LogP contribution in [0.3, 0.4) is 0 Å². The smallest absolute Gasteiger partial charge is 0.408 e. The first kappa shape index (κ1) is 45.9. The molecule has 4 amide bonds. The number of carbonyl (C=O) groups excluding carboxylic acids is 4. The van der Waals surface area contributed by atoms with Crippen LogP contribution in [0, 0.1) is 17.8 Å². The molecule has 2 aliphatic carbocycles. The van der Waals surface area contributed by atoms with Crippen molar-refractivity contribution in [1.29, 1.82) is 0 Å². The van der Waals surface area contributed by atoms with E-state index >= 15 is 0 Å². The van der Waals surface area contributed by atoms with Gasteiger partial charge in [0.15, 0.2) is 0 Å². The van der Waals surface area contributed by atoms with Gasteiger partial charge in [0, 0.05) is 18.7 Å². The SMILES string of the molecule is CC(C)C(NC(=O)OC(C)(C)C)C(=O)N1CCCC1c1ncc(-c2ccc(-c3ccc(-c4cnc(C5CCCN5C(=O)C(NC(=O)OC(C)(C)C)C(C)C)[nH]4)c4c3C3CCC3C4)cc2)[nH]1. The number of H-pyrrole nitrogens is 2. The van der Waals surface area contributed by atoms with E-state index < -0.39 is 35.5 Å². The maximum Gasteiger partial charge on any atom is 0.408 e. The van der Waals surface area contributed by atoms with Crippen LogP contribution in [-0.2, 0) is 25.5 Å². The molecule has 0 bridgehead atoms. The van der Waals surface area contributed by atoms with Gasteiger partial charge < -0.3 is 39.9 Å². The van der Waals surface area contributed by atoms with Crippen molar-refractivity contribution in [3.05, 3.63) is 71.6 Å². The molecular formula is C51H68N8O6. The lowest BCUT2D eigenvalue weighted by molar-refractivity contribution is -0.136. The highest BCUT2D eigenvalue weighted by Gasteiger charge is 2.43. The maximum atomic E-state index is 14.0. The third-order valence-electron chi connectivity index (χ3n) is 13.5. The van der Waals surface area contributed by atoms with Crippen LogP contribution in [0.25, 0.3) is 33.6 Å². The molecule has 4 aliphatic rings. The Kier molecular flexibility index (Phi) is 12.7. The molecule has 65 heavy (non-hydrogen) atoms. The summed E-state index contributed by atoms with van der Waals surface area (Å²) in [4.78, 5) is 73.9. The quantitative estimate of drug-likeness (QED) is 0.115. The Balaban J connectivity index is 0.984. The van der Waals surface area contributed by atoms with Crippen LogP contribution in [0.5, 0.6) is 0 Å². The number of nitrogens with zero attached hydrogens (tertiary/aromatic N) is 4. The van der Waals surface area contributed by atoms with Crippen molar-refractivity contribution in [3.63, 3.8) is 0 Å². The van der Waals surface area contributed by atoms with Gasteiger partial charge in [0.2, 0.25) is 11.8 Å². The number of hydrogen-bond donors (Lipinski definition) is 4. The molecule has 2 aromatic carbocycles. The number of aromatic nitrogens is 4. The van der Waals surface area contributed by atoms with Crippen LogP contribution in [0.1, 0.15) is 149 Å². The van der Waals surface area contributed by atoms with E-state index in [4.69, 9.17) is 19.4 Å². The molecule has 8 rings (SSSR count). The molecule has 0 spiro atoms. The molecule has 2 saturated heterocycles. The number of aromatic amines is 2. The monoisotopic (exact) mass is 889 g/mol. The normalized spacial score (nSPS) is 21.5. The molecule has 14 nitrogen and oxygen atoms in total. The van der Waals surface area contributed by atoms with Gasteiger partial charge in [-0.3, -0.25) is 9.59 Å². The maximum absolute atomic E-state index is 14.0. The lowest BCUT2D eigenvalue weighted by Gasteiger charge is -2.31. The zero-order valence-electron chi connectivity index (χ0n) is 39.8. The number of imidazole rings is 2. The van der Waals surface area contributed by atoms with Crippen molar-refractivity contribution in [3.8, 4) is 33.6 Å². The molecule has 6 unspecified atom stereocenters. The fraction of sp³-hybridized carbons (Fsp3) is 0.569. The molecule has 4 aromatic rings. The van der Waals surface area contributed by atoms with E-state index in [0.717, 1.165) is 60.7 Å². The van der Waals surface area contributed by atoms with Gasteiger partial charge in [0.1, 0.15) is 34.9 Å². The zero-order valence-corrected chi connectivity index (χ0v) is 39.8. The Bertz CT molecular complexity index is 2400. The van der Waals surface area contributed by atoms with Gasteiger partial charge >= 0.3 is 12.2 Å². The predicted octanol–water partition coefficient (Wildman–Crippen LogP) is 9.61. The molecular weight excluding hydrogens is 821 g/mol. The van der Waals surface area contributed by atoms with Crippen molar-refractivity contribution in [2.75, 3.05) is 13.1 Å². The number of benzene rings is 2. The number of fused-ring (bicyclic) bond motifs is 3. The third kappa shape index (κ3) is 9.68. The van der Waals surface area contributed by atoms with Gasteiger partial charge in [-0.15, -0.1) is 0 Å². The van der Waals surface area contributed by atoms with Crippen molar-refractivity contribution in [2.45, 2.75) is 155 Å². The first-order valence-electron chi connectivity index (χ1n) is 23.7. The second-order valence-corrected chi connectivity index (χ2v) is 21.3. The van der Waals surface area contributed by atoms with Crippen molar-refractivity contribution >= 4 is 24.0 Å². The predicted molar refractivity (Wildman–Crippen MR) is 250 cm³/mol. The van der Waals surface area contributed by atoms with Crippen molar-refractivity contribution in [1.82, 2.24) is 40.4 Å². The Morgan fingerprint density at radius 2 is 1.12 bits per heavy atom. The summed E-state index contributed by atoms with van der Waals surface area (Å²) in [7, 11) is 0. The number of ether oxygens (including phenoxy) is 2.